The Morgan fingerprint density at radius 1 is 0.857 bits per heavy atom. The molecule has 0 atom stereocenters. The number of anilines is 1. The first-order valence-corrected chi connectivity index (χ1v) is 8.85. The van der Waals surface area contributed by atoms with E-state index < -0.39 is 5.63 Å². The van der Waals surface area contributed by atoms with E-state index in [1.54, 1.807) is 6.07 Å². The second kappa shape index (κ2) is 5.97. The average molecular weight is 362 g/mol. The van der Waals surface area contributed by atoms with Gasteiger partial charge in [-0.25, -0.2) is 4.79 Å². The first-order valence-electron chi connectivity index (χ1n) is 8.85. The molecule has 0 fully saturated rings. The van der Waals surface area contributed by atoms with Crippen molar-refractivity contribution >= 4 is 38.2 Å². The van der Waals surface area contributed by atoms with E-state index >= 15 is 0 Å². The maximum absolute atomic E-state index is 12.7. The summed E-state index contributed by atoms with van der Waals surface area (Å²) in [7, 11) is 0. The van der Waals surface area contributed by atoms with Gasteiger partial charge in [-0.3, -0.25) is 0 Å². The number of nitriles is 1. The minimum absolute atomic E-state index is 0.155. The summed E-state index contributed by atoms with van der Waals surface area (Å²) < 4.78 is 5.56. The number of fused-ring (bicyclic) bond motifs is 5. The predicted molar refractivity (Wildman–Crippen MR) is 112 cm³/mol. The molecular weight excluding hydrogens is 348 g/mol. The summed E-state index contributed by atoms with van der Waals surface area (Å²) in [6, 6.07) is 25.3. The van der Waals surface area contributed by atoms with Crippen LogP contribution in [0.3, 0.4) is 0 Å². The van der Waals surface area contributed by atoms with Gasteiger partial charge in [0.05, 0.1) is 16.6 Å². The molecule has 0 bridgehead atoms. The van der Waals surface area contributed by atoms with Gasteiger partial charge in [-0.1, -0.05) is 60.7 Å². The highest BCUT2D eigenvalue weighted by molar-refractivity contribution is 6.21. The van der Waals surface area contributed by atoms with E-state index in [-0.39, 0.29) is 16.6 Å². The maximum atomic E-state index is 12.7. The molecule has 0 saturated carbocycles. The molecule has 1 aromatic heterocycles. The van der Waals surface area contributed by atoms with E-state index in [0.717, 1.165) is 21.7 Å². The first-order chi connectivity index (χ1) is 13.7. The van der Waals surface area contributed by atoms with E-state index in [1.165, 1.54) is 0 Å². The molecule has 4 aromatic carbocycles. The van der Waals surface area contributed by atoms with Gasteiger partial charge in [-0.05, 0) is 28.5 Å². The van der Waals surface area contributed by atoms with Crippen LogP contribution >= 0.6 is 0 Å². The van der Waals surface area contributed by atoms with Crippen LogP contribution in [0.5, 0.6) is 0 Å². The lowest BCUT2D eigenvalue weighted by Gasteiger charge is -2.13. The minimum Gasteiger partial charge on any atom is -0.422 e. The molecule has 28 heavy (non-hydrogen) atoms. The second-order valence-electron chi connectivity index (χ2n) is 6.66. The van der Waals surface area contributed by atoms with Crippen molar-refractivity contribution in [3.63, 3.8) is 0 Å². The zero-order valence-corrected chi connectivity index (χ0v) is 14.8. The predicted octanol–water partition coefficient (Wildman–Crippen LogP) is 5.22. The standard InChI is InChI=1S/C24H14N2O2/c25-13-19-17(14-6-2-1-3-7-14)12-18-21-16-9-5-4-8-15(16)10-11-20(21)28-24(27)22(18)23(19)26/h1-12H,26H2. The van der Waals surface area contributed by atoms with Gasteiger partial charge in [0.25, 0.3) is 0 Å². The summed E-state index contributed by atoms with van der Waals surface area (Å²) in [5.74, 6) is 0. The Hall–Kier alpha value is -4.10. The van der Waals surface area contributed by atoms with Crippen molar-refractivity contribution in [2.75, 3.05) is 5.73 Å². The molecule has 0 aliphatic heterocycles. The van der Waals surface area contributed by atoms with E-state index in [9.17, 15) is 10.1 Å². The highest BCUT2D eigenvalue weighted by Gasteiger charge is 2.19. The van der Waals surface area contributed by atoms with Crippen LogP contribution < -0.4 is 11.4 Å². The van der Waals surface area contributed by atoms with Gasteiger partial charge >= 0.3 is 5.63 Å². The van der Waals surface area contributed by atoms with Crippen LogP contribution in [0.15, 0.2) is 82.0 Å². The smallest absolute Gasteiger partial charge is 0.346 e. The summed E-state index contributed by atoms with van der Waals surface area (Å²) in [6.45, 7) is 0. The van der Waals surface area contributed by atoms with Crippen LogP contribution in [0.25, 0.3) is 43.6 Å². The van der Waals surface area contributed by atoms with Gasteiger partial charge in [0.15, 0.2) is 0 Å². The van der Waals surface area contributed by atoms with Crippen LogP contribution in [-0.4, -0.2) is 0 Å². The Bertz CT molecular complexity index is 1490. The molecule has 4 heteroatoms. The number of nitrogens with two attached hydrogens (primary N) is 1. The molecule has 0 radical (unpaired) electrons. The van der Waals surface area contributed by atoms with Crippen LogP contribution in [0.2, 0.25) is 0 Å². The van der Waals surface area contributed by atoms with E-state index in [1.807, 2.05) is 66.7 Å². The number of hydrogen-bond donors (Lipinski definition) is 1. The number of hydrogen-bond acceptors (Lipinski definition) is 4. The topological polar surface area (TPSA) is 80.0 Å². The molecule has 0 amide bonds. The Morgan fingerprint density at radius 3 is 2.39 bits per heavy atom. The molecule has 1 heterocycles. The SMILES string of the molecule is N#Cc1c(-c2ccccc2)cc2c(c1N)c(=O)oc1ccc3ccccc3c12. The zero-order valence-electron chi connectivity index (χ0n) is 14.8. The molecule has 0 aliphatic carbocycles. The van der Waals surface area contributed by atoms with Crippen LogP contribution in [-0.2, 0) is 0 Å². The Balaban J connectivity index is 2.08. The molecule has 4 nitrogen and oxygen atoms in total. The lowest BCUT2D eigenvalue weighted by molar-refractivity contribution is 0.570. The second-order valence-corrected chi connectivity index (χ2v) is 6.66. The number of rotatable bonds is 1. The van der Waals surface area contributed by atoms with Crippen LogP contribution in [0.1, 0.15) is 5.56 Å². The van der Waals surface area contributed by atoms with E-state index in [0.29, 0.717) is 16.5 Å². The van der Waals surface area contributed by atoms with Gasteiger partial charge < -0.3 is 10.2 Å². The van der Waals surface area contributed by atoms with E-state index in [4.69, 9.17) is 10.2 Å². The molecule has 0 aliphatic rings. The highest BCUT2D eigenvalue weighted by atomic mass is 16.4. The third-order valence-electron chi connectivity index (χ3n) is 5.13. The summed E-state index contributed by atoms with van der Waals surface area (Å²) in [5.41, 5.74) is 8.29. The highest BCUT2D eigenvalue weighted by Crippen LogP contribution is 2.38. The molecular formula is C24H14N2O2. The average Bonchev–Trinajstić information content (AvgIpc) is 2.73. The van der Waals surface area contributed by atoms with Crippen molar-refractivity contribution in [2.45, 2.75) is 0 Å². The lowest BCUT2D eigenvalue weighted by Crippen LogP contribution is -2.06. The Morgan fingerprint density at radius 2 is 1.61 bits per heavy atom. The van der Waals surface area contributed by atoms with Crippen molar-refractivity contribution in [2.24, 2.45) is 0 Å². The quantitative estimate of drug-likeness (QED) is 0.252. The zero-order chi connectivity index (χ0) is 19.3. The summed E-state index contributed by atoms with van der Waals surface area (Å²) in [5, 5.41) is 13.5. The largest absolute Gasteiger partial charge is 0.422 e. The van der Waals surface area contributed by atoms with Crippen molar-refractivity contribution in [3.05, 3.63) is 88.8 Å². The Labute approximate surface area is 160 Å². The molecule has 5 rings (SSSR count). The molecule has 0 spiro atoms. The van der Waals surface area contributed by atoms with E-state index in [2.05, 4.69) is 6.07 Å². The normalized spacial score (nSPS) is 11.1. The van der Waals surface area contributed by atoms with Gasteiger partial charge in [-0.15, -0.1) is 0 Å². The number of nitrogens with zero attached hydrogens (tertiary/aromatic N) is 1. The molecule has 0 saturated heterocycles. The van der Waals surface area contributed by atoms with Gasteiger partial charge in [0.1, 0.15) is 11.7 Å². The fourth-order valence-electron chi connectivity index (χ4n) is 3.85. The number of nitrogen functional groups attached to an aromatic ring is 1. The molecule has 0 unspecified atom stereocenters. The fraction of sp³-hybridized carbons (Fsp3) is 0. The maximum Gasteiger partial charge on any atom is 0.346 e. The monoisotopic (exact) mass is 362 g/mol. The number of benzene rings is 4. The van der Waals surface area contributed by atoms with Crippen LogP contribution in [0.4, 0.5) is 5.69 Å². The summed E-state index contributed by atoms with van der Waals surface area (Å²) in [4.78, 5) is 12.7. The minimum atomic E-state index is -0.536. The first kappa shape index (κ1) is 16.1. The third-order valence-corrected chi connectivity index (χ3v) is 5.13. The third kappa shape index (κ3) is 2.20. The van der Waals surface area contributed by atoms with Gasteiger partial charge in [-0.2, -0.15) is 5.26 Å². The van der Waals surface area contributed by atoms with Gasteiger partial charge in [0.2, 0.25) is 0 Å². The Kier molecular flexibility index (Phi) is 3.43. The van der Waals surface area contributed by atoms with Crippen LogP contribution in [0, 0.1) is 11.3 Å². The summed E-state index contributed by atoms with van der Waals surface area (Å²) >= 11 is 0. The van der Waals surface area contributed by atoms with Crippen molar-refractivity contribution < 1.29 is 4.42 Å². The molecule has 132 valence electrons. The van der Waals surface area contributed by atoms with Crippen molar-refractivity contribution in [3.8, 4) is 17.2 Å². The van der Waals surface area contributed by atoms with Gasteiger partial charge in [0, 0.05) is 16.3 Å². The van der Waals surface area contributed by atoms with Crippen molar-refractivity contribution in [1.82, 2.24) is 0 Å². The molecule has 5 aromatic rings. The lowest BCUT2D eigenvalue weighted by atomic mass is 9.92. The fourth-order valence-corrected chi connectivity index (χ4v) is 3.85. The van der Waals surface area contributed by atoms with Crippen molar-refractivity contribution in [1.29, 1.82) is 5.26 Å². The summed E-state index contributed by atoms with van der Waals surface area (Å²) in [6.07, 6.45) is 0. The molecule has 2 N–H and O–H groups in total.